The van der Waals surface area contributed by atoms with Crippen LogP contribution in [0, 0.1) is 11.3 Å². The van der Waals surface area contributed by atoms with Crippen molar-refractivity contribution < 1.29 is 4.79 Å². The minimum Gasteiger partial charge on any atom is -0.365 e. The first-order valence-electron chi connectivity index (χ1n) is 3.29. The summed E-state index contributed by atoms with van der Waals surface area (Å²) in [5.74, 6) is -0.702. The van der Waals surface area contributed by atoms with Gasteiger partial charge < -0.3 is 5.73 Å². The lowest BCUT2D eigenvalue weighted by molar-refractivity contribution is -0.114. The second kappa shape index (κ2) is 4.21. The maximum absolute atomic E-state index is 10.7. The van der Waals surface area contributed by atoms with Crippen LogP contribution in [0.5, 0.6) is 0 Å². The molecule has 0 aliphatic heterocycles. The van der Waals surface area contributed by atoms with Gasteiger partial charge in [0.15, 0.2) is 0 Å². The van der Waals surface area contributed by atoms with Gasteiger partial charge in [0, 0.05) is 14.7 Å². The molecule has 1 heterocycles. The molecule has 1 rings (SSSR count). The summed E-state index contributed by atoms with van der Waals surface area (Å²) in [5.41, 5.74) is 4.93. The van der Waals surface area contributed by atoms with Crippen LogP contribution in [0.3, 0.4) is 0 Å². The first-order chi connectivity index (χ1) is 6.13. The van der Waals surface area contributed by atoms with Crippen LogP contribution >= 0.6 is 27.3 Å². The van der Waals surface area contributed by atoms with Crippen molar-refractivity contribution >= 4 is 39.2 Å². The lowest BCUT2D eigenvalue weighted by Gasteiger charge is -1.87. The zero-order valence-electron chi connectivity index (χ0n) is 6.45. The SMILES string of the molecule is N#C/C(=C/c1cc(Br)cs1)C(N)=O. The van der Waals surface area contributed by atoms with Gasteiger partial charge >= 0.3 is 0 Å². The minimum atomic E-state index is -0.702. The molecular formula is C8H5BrN2OS. The van der Waals surface area contributed by atoms with Crippen molar-refractivity contribution in [2.24, 2.45) is 5.73 Å². The molecule has 0 radical (unpaired) electrons. The van der Waals surface area contributed by atoms with E-state index in [1.54, 1.807) is 6.07 Å². The van der Waals surface area contributed by atoms with Gasteiger partial charge in [-0.2, -0.15) is 5.26 Å². The molecule has 66 valence electrons. The molecule has 0 unspecified atom stereocenters. The summed E-state index contributed by atoms with van der Waals surface area (Å²) >= 11 is 4.69. The number of hydrogen-bond acceptors (Lipinski definition) is 3. The molecule has 0 aromatic carbocycles. The van der Waals surface area contributed by atoms with Crippen molar-refractivity contribution in [3.05, 3.63) is 26.4 Å². The molecule has 0 saturated carbocycles. The van der Waals surface area contributed by atoms with Gasteiger partial charge in [0.2, 0.25) is 0 Å². The van der Waals surface area contributed by atoms with E-state index in [0.717, 1.165) is 9.35 Å². The molecule has 0 aliphatic carbocycles. The zero-order chi connectivity index (χ0) is 9.84. The second-order valence-electron chi connectivity index (χ2n) is 2.20. The Balaban J connectivity index is 3.00. The van der Waals surface area contributed by atoms with Crippen molar-refractivity contribution in [1.29, 1.82) is 5.26 Å². The van der Waals surface area contributed by atoms with Crippen LogP contribution in [0.4, 0.5) is 0 Å². The van der Waals surface area contributed by atoms with Gasteiger partial charge in [0.1, 0.15) is 11.6 Å². The number of amides is 1. The summed E-state index contributed by atoms with van der Waals surface area (Å²) < 4.78 is 0.922. The lowest BCUT2D eigenvalue weighted by atomic mass is 10.2. The smallest absolute Gasteiger partial charge is 0.259 e. The van der Waals surface area contributed by atoms with Crippen molar-refractivity contribution in [2.75, 3.05) is 0 Å². The van der Waals surface area contributed by atoms with Gasteiger partial charge in [-0.15, -0.1) is 11.3 Å². The summed E-state index contributed by atoms with van der Waals surface area (Å²) in [7, 11) is 0. The Kier molecular flexibility index (Phi) is 3.23. The number of rotatable bonds is 2. The van der Waals surface area contributed by atoms with Crippen LogP contribution < -0.4 is 5.73 Å². The third kappa shape index (κ3) is 2.68. The van der Waals surface area contributed by atoms with Gasteiger partial charge in [-0.3, -0.25) is 4.79 Å². The maximum Gasteiger partial charge on any atom is 0.259 e. The third-order valence-corrected chi connectivity index (χ3v) is 2.90. The fourth-order valence-electron chi connectivity index (χ4n) is 0.705. The highest BCUT2D eigenvalue weighted by Crippen LogP contribution is 2.21. The molecule has 0 aliphatic rings. The standard InChI is InChI=1S/C8H5BrN2OS/c9-6-2-7(13-4-6)1-5(3-10)8(11)12/h1-2,4H,(H2,11,12)/b5-1-. The van der Waals surface area contributed by atoms with Gasteiger partial charge in [-0.25, -0.2) is 0 Å². The van der Waals surface area contributed by atoms with Crippen molar-refractivity contribution in [3.63, 3.8) is 0 Å². The van der Waals surface area contributed by atoms with Gasteiger partial charge in [-0.1, -0.05) is 0 Å². The van der Waals surface area contributed by atoms with E-state index >= 15 is 0 Å². The topological polar surface area (TPSA) is 66.9 Å². The maximum atomic E-state index is 10.7. The Morgan fingerprint density at radius 1 is 1.77 bits per heavy atom. The van der Waals surface area contributed by atoms with Gasteiger partial charge in [-0.05, 0) is 28.1 Å². The van der Waals surface area contributed by atoms with Crippen LogP contribution in [0.15, 0.2) is 21.5 Å². The molecule has 3 nitrogen and oxygen atoms in total. The normalized spacial score (nSPS) is 10.9. The van der Waals surface area contributed by atoms with E-state index in [9.17, 15) is 4.79 Å². The highest BCUT2D eigenvalue weighted by atomic mass is 79.9. The van der Waals surface area contributed by atoms with Crippen LogP contribution in [0.25, 0.3) is 6.08 Å². The van der Waals surface area contributed by atoms with E-state index in [-0.39, 0.29) is 5.57 Å². The van der Waals surface area contributed by atoms with E-state index in [4.69, 9.17) is 11.0 Å². The molecule has 5 heteroatoms. The van der Waals surface area contributed by atoms with Crippen LogP contribution in [0.1, 0.15) is 4.88 Å². The van der Waals surface area contributed by atoms with E-state index in [2.05, 4.69) is 15.9 Å². The molecule has 2 N–H and O–H groups in total. The van der Waals surface area contributed by atoms with Crippen molar-refractivity contribution in [3.8, 4) is 6.07 Å². The Morgan fingerprint density at radius 3 is 2.85 bits per heavy atom. The van der Waals surface area contributed by atoms with E-state index in [1.165, 1.54) is 17.4 Å². The number of thiophene rings is 1. The summed E-state index contributed by atoms with van der Waals surface area (Å²) in [6.07, 6.45) is 1.47. The van der Waals surface area contributed by atoms with Crippen molar-refractivity contribution in [2.45, 2.75) is 0 Å². The molecule has 0 spiro atoms. The van der Waals surface area contributed by atoms with Gasteiger partial charge in [0.05, 0.1) is 0 Å². The minimum absolute atomic E-state index is 0.0330. The number of halogens is 1. The largest absolute Gasteiger partial charge is 0.365 e. The Morgan fingerprint density at radius 2 is 2.46 bits per heavy atom. The molecule has 1 amide bonds. The number of primary amides is 1. The average Bonchev–Trinajstić information content (AvgIpc) is 2.46. The predicted octanol–water partition coefficient (Wildman–Crippen LogP) is 1.90. The van der Waals surface area contributed by atoms with Gasteiger partial charge in [0.25, 0.3) is 5.91 Å². The van der Waals surface area contributed by atoms with E-state index in [1.807, 2.05) is 11.4 Å². The summed E-state index contributed by atoms with van der Waals surface area (Å²) in [6.45, 7) is 0. The summed E-state index contributed by atoms with van der Waals surface area (Å²) in [6, 6.07) is 3.55. The number of hydrogen-bond donors (Lipinski definition) is 1. The number of carbonyl (C=O) groups excluding carboxylic acids is 1. The van der Waals surface area contributed by atoms with Crippen molar-refractivity contribution in [1.82, 2.24) is 0 Å². The van der Waals surface area contributed by atoms with Crippen LogP contribution in [-0.4, -0.2) is 5.91 Å². The molecule has 0 fully saturated rings. The fraction of sp³-hybridized carbons (Fsp3) is 0. The molecule has 0 bridgehead atoms. The Labute approximate surface area is 87.6 Å². The summed E-state index contributed by atoms with van der Waals surface area (Å²) in [5, 5.41) is 10.4. The second-order valence-corrected chi connectivity index (χ2v) is 4.06. The predicted molar refractivity (Wildman–Crippen MR) is 54.8 cm³/mol. The molecule has 1 aromatic heterocycles. The molecule has 13 heavy (non-hydrogen) atoms. The number of nitrogens with two attached hydrogens (primary N) is 1. The van der Waals surface area contributed by atoms with E-state index in [0.29, 0.717) is 0 Å². The number of nitriles is 1. The van der Waals surface area contributed by atoms with E-state index < -0.39 is 5.91 Å². The van der Waals surface area contributed by atoms with Crippen LogP contribution in [0.2, 0.25) is 0 Å². The average molecular weight is 257 g/mol. The zero-order valence-corrected chi connectivity index (χ0v) is 8.85. The highest BCUT2D eigenvalue weighted by Gasteiger charge is 2.03. The summed E-state index contributed by atoms with van der Waals surface area (Å²) in [4.78, 5) is 11.5. The number of carbonyl (C=O) groups is 1. The first-order valence-corrected chi connectivity index (χ1v) is 4.96. The Bertz CT molecular complexity index is 403. The fourth-order valence-corrected chi connectivity index (χ4v) is 2.08. The first kappa shape index (κ1) is 9.96. The monoisotopic (exact) mass is 256 g/mol. The molecule has 0 atom stereocenters. The number of nitrogens with zero attached hydrogens (tertiary/aromatic N) is 1. The molecular weight excluding hydrogens is 252 g/mol. The highest BCUT2D eigenvalue weighted by molar-refractivity contribution is 9.10. The Hall–Kier alpha value is -1.12. The third-order valence-electron chi connectivity index (χ3n) is 1.26. The lowest BCUT2D eigenvalue weighted by Crippen LogP contribution is -2.12. The molecule has 0 saturated heterocycles. The quantitative estimate of drug-likeness (QED) is 0.649. The molecule has 1 aromatic rings. The van der Waals surface area contributed by atoms with Crippen LogP contribution in [-0.2, 0) is 4.79 Å².